The maximum atomic E-state index is 14.0. The third-order valence-electron chi connectivity index (χ3n) is 7.65. The maximum Gasteiger partial charge on any atom is 0.220 e. The van der Waals surface area contributed by atoms with E-state index in [4.69, 9.17) is 19.3 Å². The van der Waals surface area contributed by atoms with E-state index in [9.17, 15) is 14.0 Å². The highest BCUT2D eigenvalue weighted by Gasteiger charge is 2.29. The van der Waals surface area contributed by atoms with E-state index in [1.165, 1.54) is 12.1 Å². The third-order valence-corrected chi connectivity index (χ3v) is 7.65. The molecule has 1 aliphatic rings. The van der Waals surface area contributed by atoms with Crippen LogP contribution < -0.4 is 30.7 Å². The standard InChI is InChI=1S/C33H45FN6O5/c1-35-30(41)11-4-5-13-36-14-8-15-37-31(42)12-7-17-45-18-16-40-33(38-25-10-6-9-24(34)21-25)27-19-23-20-28(43-2)29(44-3)22-26(23)32(27)39-40/h6,9-10,20-22,36,38H,4-5,7-8,11-19H2,1-3H3,(H,35,41)(H,37,42). The molecule has 0 radical (unpaired) electrons. The largest absolute Gasteiger partial charge is 0.493 e. The number of fused-ring (bicyclic) bond motifs is 3. The summed E-state index contributed by atoms with van der Waals surface area (Å²) in [7, 11) is 4.87. The Morgan fingerprint density at radius 2 is 1.71 bits per heavy atom. The van der Waals surface area contributed by atoms with Crippen molar-refractivity contribution >= 4 is 23.3 Å². The first-order valence-electron chi connectivity index (χ1n) is 15.6. The number of carbonyl (C=O) groups excluding carboxylic acids is 2. The molecule has 0 spiro atoms. The van der Waals surface area contributed by atoms with Gasteiger partial charge in [0.05, 0.1) is 33.1 Å². The average molecular weight is 625 g/mol. The van der Waals surface area contributed by atoms with Crippen molar-refractivity contribution in [3.05, 3.63) is 53.3 Å². The number of amides is 2. The first kappa shape index (κ1) is 33.7. The summed E-state index contributed by atoms with van der Waals surface area (Å²) in [6.45, 7) is 3.66. The first-order valence-corrected chi connectivity index (χ1v) is 15.6. The molecule has 4 N–H and O–H groups in total. The number of hydrogen-bond acceptors (Lipinski definition) is 8. The van der Waals surface area contributed by atoms with Gasteiger partial charge in [-0.1, -0.05) is 6.07 Å². The number of nitrogens with one attached hydrogen (secondary N) is 4. The Kier molecular flexibility index (Phi) is 13.0. The van der Waals surface area contributed by atoms with Gasteiger partial charge in [0.2, 0.25) is 11.8 Å². The number of benzene rings is 2. The van der Waals surface area contributed by atoms with Crippen LogP contribution in [0.2, 0.25) is 0 Å². The molecule has 2 amide bonds. The summed E-state index contributed by atoms with van der Waals surface area (Å²) >= 11 is 0. The number of aromatic nitrogens is 2. The molecule has 3 aromatic rings. The van der Waals surface area contributed by atoms with E-state index in [2.05, 4.69) is 21.3 Å². The molecule has 0 atom stereocenters. The molecule has 0 saturated heterocycles. The van der Waals surface area contributed by atoms with Crippen molar-refractivity contribution in [3.63, 3.8) is 0 Å². The number of rotatable bonds is 20. The Bertz CT molecular complexity index is 1430. The molecule has 12 heteroatoms. The monoisotopic (exact) mass is 624 g/mol. The highest BCUT2D eigenvalue weighted by molar-refractivity contribution is 5.82. The van der Waals surface area contributed by atoms with Gasteiger partial charge < -0.3 is 35.5 Å². The van der Waals surface area contributed by atoms with Gasteiger partial charge in [0.15, 0.2) is 11.5 Å². The molecule has 0 unspecified atom stereocenters. The van der Waals surface area contributed by atoms with Gasteiger partial charge in [-0.2, -0.15) is 5.10 Å². The van der Waals surface area contributed by atoms with E-state index in [1.54, 1.807) is 27.3 Å². The summed E-state index contributed by atoms with van der Waals surface area (Å²) in [6, 6.07) is 10.3. The van der Waals surface area contributed by atoms with Gasteiger partial charge in [-0.3, -0.25) is 9.59 Å². The number of nitrogens with zero attached hydrogens (tertiary/aromatic N) is 2. The predicted molar refractivity (Wildman–Crippen MR) is 172 cm³/mol. The van der Waals surface area contributed by atoms with E-state index in [1.807, 2.05) is 22.9 Å². The second kappa shape index (κ2) is 17.4. The zero-order valence-electron chi connectivity index (χ0n) is 26.5. The van der Waals surface area contributed by atoms with Crippen LogP contribution in [-0.4, -0.2) is 75.7 Å². The molecule has 0 bridgehead atoms. The molecule has 0 saturated carbocycles. The second-order valence-electron chi connectivity index (χ2n) is 10.9. The van der Waals surface area contributed by atoms with Crippen LogP contribution >= 0.6 is 0 Å². The SMILES string of the molecule is CNC(=O)CCCCNCCCNC(=O)CCCOCCn1nc2c(c1Nc1cccc(F)c1)Cc1cc(OC)c(OC)cc1-2. The highest BCUT2D eigenvalue weighted by Crippen LogP contribution is 2.45. The van der Waals surface area contributed by atoms with Gasteiger partial charge in [-0.25, -0.2) is 9.07 Å². The fourth-order valence-electron chi connectivity index (χ4n) is 5.27. The van der Waals surface area contributed by atoms with Crippen LogP contribution in [-0.2, 0) is 27.3 Å². The molecule has 1 aromatic heterocycles. The molecule has 0 fully saturated rings. The highest BCUT2D eigenvalue weighted by atomic mass is 19.1. The van der Waals surface area contributed by atoms with Crippen molar-refractivity contribution in [3.8, 4) is 22.8 Å². The zero-order chi connectivity index (χ0) is 32.0. The van der Waals surface area contributed by atoms with Gasteiger partial charge >= 0.3 is 0 Å². The normalized spacial score (nSPS) is 11.6. The Labute approximate surface area is 264 Å². The molecular formula is C33H45FN6O5. The molecule has 4 rings (SSSR count). The molecule has 45 heavy (non-hydrogen) atoms. The van der Waals surface area contributed by atoms with Crippen molar-refractivity contribution in [1.29, 1.82) is 0 Å². The van der Waals surface area contributed by atoms with Crippen LogP contribution in [0.5, 0.6) is 11.5 Å². The van der Waals surface area contributed by atoms with Crippen LogP contribution in [0.3, 0.4) is 0 Å². The molecular weight excluding hydrogens is 579 g/mol. The van der Waals surface area contributed by atoms with Crippen molar-refractivity contribution in [1.82, 2.24) is 25.7 Å². The molecule has 1 heterocycles. The minimum atomic E-state index is -0.324. The lowest BCUT2D eigenvalue weighted by molar-refractivity contribution is -0.121. The van der Waals surface area contributed by atoms with E-state index in [0.717, 1.165) is 60.6 Å². The third kappa shape index (κ3) is 9.66. The predicted octanol–water partition coefficient (Wildman–Crippen LogP) is 4.16. The number of hydrogen-bond donors (Lipinski definition) is 4. The van der Waals surface area contributed by atoms with Crippen molar-refractivity contribution in [2.75, 3.05) is 59.4 Å². The number of anilines is 2. The summed E-state index contributed by atoms with van der Waals surface area (Å²) in [5, 5.41) is 17.2. The lowest BCUT2D eigenvalue weighted by atomic mass is 10.1. The van der Waals surface area contributed by atoms with Gasteiger partial charge in [0.25, 0.3) is 0 Å². The Hall–Kier alpha value is -4.16. The molecule has 2 aromatic carbocycles. The van der Waals surface area contributed by atoms with Crippen LogP contribution in [0.1, 0.15) is 49.7 Å². The Morgan fingerprint density at radius 3 is 2.49 bits per heavy atom. The van der Waals surface area contributed by atoms with E-state index < -0.39 is 0 Å². The van der Waals surface area contributed by atoms with Gasteiger partial charge in [0.1, 0.15) is 11.6 Å². The second-order valence-corrected chi connectivity index (χ2v) is 10.9. The smallest absolute Gasteiger partial charge is 0.220 e. The number of halogens is 1. The number of methoxy groups -OCH3 is 2. The van der Waals surface area contributed by atoms with Crippen LogP contribution in [0.15, 0.2) is 36.4 Å². The van der Waals surface area contributed by atoms with Gasteiger partial charge in [-0.05, 0) is 74.7 Å². The summed E-state index contributed by atoms with van der Waals surface area (Å²) in [5.74, 6) is 1.84. The van der Waals surface area contributed by atoms with E-state index in [-0.39, 0.29) is 17.6 Å². The fraction of sp³-hybridized carbons (Fsp3) is 0.485. The average Bonchev–Trinajstić information content (AvgIpc) is 3.56. The number of unbranched alkanes of at least 4 members (excludes halogenated alkanes) is 1. The van der Waals surface area contributed by atoms with Crippen molar-refractivity contribution < 1.29 is 28.2 Å². The first-order chi connectivity index (χ1) is 21.9. The van der Waals surface area contributed by atoms with Gasteiger partial charge in [0, 0.05) is 56.3 Å². The number of carbonyl (C=O) groups is 2. The Balaban J connectivity index is 1.21. The molecule has 11 nitrogen and oxygen atoms in total. The quantitative estimate of drug-likeness (QED) is 0.108. The lowest BCUT2D eigenvalue weighted by Gasteiger charge is -2.13. The van der Waals surface area contributed by atoms with Crippen molar-refractivity contribution in [2.45, 2.75) is 51.5 Å². The topological polar surface area (TPSA) is 128 Å². The van der Waals surface area contributed by atoms with E-state index in [0.29, 0.717) is 69.2 Å². The van der Waals surface area contributed by atoms with Crippen LogP contribution in [0.25, 0.3) is 11.3 Å². The summed E-state index contributed by atoms with van der Waals surface area (Å²) in [4.78, 5) is 23.4. The number of ether oxygens (including phenoxy) is 3. The fourth-order valence-corrected chi connectivity index (χ4v) is 5.27. The van der Waals surface area contributed by atoms with E-state index >= 15 is 0 Å². The van der Waals surface area contributed by atoms with Crippen molar-refractivity contribution in [2.24, 2.45) is 0 Å². The summed E-state index contributed by atoms with van der Waals surface area (Å²) < 4.78 is 32.7. The minimum Gasteiger partial charge on any atom is -0.493 e. The van der Waals surface area contributed by atoms with Gasteiger partial charge in [-0.15, -0.1) is 0 Å². The molecule has 244 valence electrons. The summed E-state index contributed by atoms with van der Waals surface area (Å²) in [5.41, 5.74) is 4.55. The van der Waals surface area contributed by atoms with Crippen LogP contribution in [0.4, 0.5) is 15.9 Å². The lowest BCUT2D eigenvalue weighted by Crippen LogP contribution is -2.27. The molecule has 0 aliphatic heterocycles. The zero-order valence-corrected chi connectivity index (χ0v) is 26.5. The molecule has 1 aliphatic carbocycles. The van der Waals surface area contributed by atoms with Crippen LogP contribution in [0, 0.1) is 5.82 Å². The Morgan fingerprint density at radius 1 is 0.933 bits per heavy atom. The summed E-state index contributed by atoms with van der Waals surface area (Å²) in [6.07, 6.45) is 4.88. The maximum absolute atomic E-state index is 14.0. The minimum absolute atomic E-state index is 0.0139.